The standard InChI is InChI=1S/C16H23O5/c1-3-5-11-18-12-13-20-21-16(17)14-6-8-15(9-7-14)19-10-4-2/h6-9,13H,3-5,10-12H2,1-2H3. The monoisotopic (exact) mass is 295 g/mol. The Morgan fingerprint density at radius 1 is 1.10 bits per heavy atom. The van der Waals surface area contributed by atoms with Crippen molar-refractivity contribution in [2.45, 2.75) is 33.1 Å². The van der Waals surface area contributed by atoms with Gasteiger partial charge in [-0.15, -0.1) is 0 Å². The molecule has 0 aliphatic rings. The van der Waals surface area contributed by atoms with E-state index in [2.05, 4.69) is 11.8 Å². The average molecular weight is 295 g/mol. The van der Waals surface area contributed by atoms with Gasteiger partial charge in [0.15, 0.2) is 6.61 Å². The summed E-state index contributed by atoms with van der Waals surface area (Å²) in [6, 6.07) is 6.72. The Labute approximate surface area is 126 Å². The molecule has 5 heteroatoms. The van der Waals surface area contributed by atoms with Gasteiger partial charge < -0.3 is 9.47 Å². The number of rotatable bonds is 11. The van der Waals surface area contributed by atoms with Crippen LogP contribution in [0.3, 0.4) is 0 Å². The van der Waals surface area contributed by atoms with Crippen molar-refractivity contribution in [2.75, 3.05) is 19.8 Å². The summed E-state index contributed by atoms with van der Waals surface area (Å²) in [6.07, 6.45) is 3.02. The second-order valence-electron chi connectivity index (χ2n) is 4.43. The molecule has 0 fully saturated rings. The van der Waals surface area contributed by atoms with E-state index in [4.69, 9.17) is 14.4 Å². The Morgan fingerprint density at radius 3 is 2.52 bits per heavy atom. The van der Waals surface area contributed by atoms with E-state index in [1.807, 2.05) is 6.92 Å². The van der Waals surface area contributed by atoms with Crippen molar-refractivity contribution in [3.8, 4) is 5.75 Å². The van der Waals surface area contributed by atoms with Crippen molar-refractivity contribution in [3.05, 3.63) is 36.4 Å². The molecular formula is C16H23O5. The van der Waals surface area contributed by atoms with Crippen molar-refractivity contribution in [1.29, 1.82) is 0 Å². The summed E-state index contributed by atoms with van der Waals surface area (Å²) >= 11 is 0. The summed E-state index contributed by atoms with van der Waals surface area (Å²) in [6.45, 7) is 7.04. The van der Waals surface area contributed by atoms with Gasteiger partial charge in [0.1, 0.15) is 5.75 Å². The van der Waals surface area contributed by atoms with Gasteiger partial charge in [-0.3, -0.25) is 4.89 Å². The van der Waals surface area contributed by atoms with Gasteiger partial charge in [-0.2, -0.15) is 4.89 Å². The van der Waals surface area contributed by atoms with Crippen LogP contribution < -0.4 is 4.74 Å². The van der Waals surface area contributed by atoms with E-state index in [0.717, 1.165) is 25.0 Å². The highest BCUT2D eigenvalue weighted by Crippen LogP contribution is 2.13. The maximum absolute atomic E-state index is 11.7. The molecule has 117 valence electrons. The first-order chi connectivity index (χ1) is 10.3. The summed E-state index contributed by atoms with van der Waals surface area (Å²) in [5, 5.41) is 0. The molecule has 0 spiro atoms. The average Bonchev–Trinajstić information content (AvgIpc) is 2.52. The molecule has 1 radical (unpaired) electrons. The number of hydrogen-bond acceptors (Lipinski definition) is 5. The van der Waals surface area contributed by atoms with Crippen molar-refractivity contribution in [1.82, 2.24) is 0 Å². The third-order valence-corrected chi connectivity index (χ3v) is 2.58. The van der Waals surface area contributed by atoms with E-state index in [-0.39, 0.29) is 6.61 Å². The Morgan fingerprint density at radius 2 is 1.86 bits per heavy atom. The molecule has 0 N–H and O–H groups in total. The molecule has 0 heterocycles. The lowest BCUT2D eigenvalue weighted by Gasteiger charge is -2.06. The lowest BCUT2D eigenvalue weighted by atomic mass is 10.2. The van der Waals surface area contributed by atoms with Crippen LogP contribution >= 0.6 is 0 Å². The molecule has 1 aromatic carbocycles. The maximum atomic E-state index is 11.7. The number of carbonyl (C=O) groups excluding carboxylic acids is 1. The van der Waals surface area contributed by atoms with E-state index < -0.39 is 5.97 Å². The van der Waals surface area contributed by atoms with E-state index in [1.165, 1.54) is 6.61 Å². The molecule has 0 atom stereocenters. The zero-order valence-corrected chi connectivity index (χ0v) is 12.7. The minimum absolute atomic E-state index is 0.289. The Hall–Kier alpha value is -1.59. The van der Waals surface area contributed by atoms with Crippen molar-refractivity contribution >= 4 is 5.97 Å². The quantitative estimate of drug-likeness (QED) is 0.355. The zero-order valence-electron chi connectivity index (χ0n) is 12.7. The topological polar surface area (TPSA) is 54.0 Å². The van der Waals surface area contributed by atoms with E-state index >= 15 is 0 Å². The van der Waals surface area contributed by atoms with Crippen molar-refractivity contribution < 1.29 is 24.0 Å². The predicted molar refractivity (Wildman–Crippen MR) is 78.8 cm³/mol. The SMILES string of the molecule is CCCCOC[CH]OOC(=O)c1ccc(OCCC)cc1. The Kier molecular flexibility index (Phi) is 9.24. The molecule has 0 aliphatic carbocycles. The van der Waals surface area contributed by atoms with Crippen LogP contribution in [-0.4, -0.2) is 25.8 Å². The highest BCUT2D eigenvalue weighted by atomic mass is 17.2. The number of carbonyl (C=O) groups is 1. The fourth-order valence-corrected chi connectivity index (χ4v) is 1.44. The number of unbranched alkanes of at least 4 members (excludes halogenated alkanes) is 1. The fourth-order valence-electron chi connectivity index (χ4n) is 1.44. The first kappa shape index (κ1) is 17.5. The highest BCUT2D eigenvalue weighted by Gasteiger charge is 2.08. The minimum Gasteiger partial charge on any atom is -0.494 e. The predicted octanol–water partition coefficient (Wildman–Crippen LogP) is 3.54. The summed E-state index contributed by atoms with van der Waals surface area (Å²) in [4.78, 5) is 21.0. The van der Waals surface area contributed by atoms with Crippen molar-refractivity contribution in [2.24, 2.45) is 0 Å². The highest BCUT2D eigenvalue weighted by molar-refractivity contribution is 5.89. The van der Waals surface area contributed by atoms with Gasteiger partial charge >= 0.3 is 5.97 Å². The van der Waals surface area contributed by atoms with Gasteiger partial charge in [0.05, 0.1) is 18.8 Å². The van der Waals surface area contributed by atoms with Gasteiger partial charge in [-0.05, 0) is 37.1 Å². The molecule has 0 unspecified atom stereocenters. The van der Waals surface area contributed by atoms with Crippen LogP contribution in [0.2, 0.25) is 0 Å². The molecule has 0 amide bonds. The smallest absolute Gasteiger partial charge is 0.373 e. The first-order valence-electron chi connectivity index (χ1n) is 7.27. The van der Waals surface area contributed by atoms with Gasteiger partial charge in [0.25, 0.3) is 0 Å². The van der Waals surface area contributed by atoms with Crippen molar-refractivity contribution in [3.63, 3.8) is 0 Å². The third-order valence-electron chi connectivity index (χ3n) is 2.58. The lowest BCUT2D eigenvalue weighted by Crippen LogP contribution is -2.07. The summed E-state index contributed by atoms with van der Waals surface area (Å²) in [5.41, 5.74) is 0.402. The van der Waals surface area contributed by atoms with Gasteiger partial charge in [-0.25, -0.2) is 4.79 Å². The number of hydrogen-bond donors (Lipinski definition) is 0. The molecule has 0 aliphatic heterocycles. The second-order valence-corrected chi connectivity index (χ2v) is 4.43. The molecule has 1 rings (SSSR count). The molecule has 0 saturated carbocycles. The minimum atomic E-state index is -0.554. The van der Waals surface area contributed by atoms with Gasteiger partial charge in [0.2, 0.25) is 0 Å². The van der Waals surface area contributed by atoms with E-state index in [0.29, 0.717) is 18.8 Å². The lowest BCUT2D eigenvalue weighted by molar-refractivity contribution is -0.218. The van der Waals surface area contributed by atoms with Crippen LogP contribution in [0.25, 0.3) is 0 Å². The summed E-state index contributed by atoms with van der Waals surface area (Å²) in [5.74, 6) is 0.173. The third kappa shape index (κ3) is 7.68. The van der Waals surface area contributed by atoms with Crippen LogP contribution in [0.4, 0.5) is 0 Å². The van der Waals surface area contributed by atoms with Gasteiger partial charge in [-0.1, -0.05) is 20.3 Å². The fraction of sp³-hybridized carbons (Fsp3) is 0.500. The molecule has 0 bridgehead atoms. The van der Waals surface area contributed by atoms with Crippen LogP contribution in [0.1, 0.15) is 43.5 Å². The molecule has 1 aromatic rings. The van der Waals surface area contributed by atoms with Gasteiger partial charge in [0, 0.05) is 6.61 Å². The Bertz CT molecular complexity index is 388. The largest absolute Gasteiger partial charge is 0.494 e. The molecule has 0 saturated heterocycles. The van der Waals surface area contributed by atoms with Crippen LogP contribution in [-0.2, 0) is 14.5 Å². The molecular weight excluding hydrogens is 272 g/mol. The molecule has 5 nitrogen and oxygen atoms in total. The van der Waals surface area contributed by atoms with Crippen LogP contribution in [0.15, 0.2) is 24.3 Å². The first-order valence-corrected chi connectivity index (χ1v) is 7.27. The van der Waals surface area contributed by atoms with E-state index in [9.17, 15) is 4.79 Å². The molecule has 21 heavy (non-hydrogen) atoms. The normalized spacial score (nSPS) is 10.4. The second kappa shape index (κ2) is 11.1. The summed E-state index contributed by atoms with van der Waals surface area (Å²) in [7, 11) is 0. The zero-order chi connectivity index (χ0) is 15.3. The maximum Gasteiger partial charge on any atom is 0.373 e. The number of ether oxygens (including phenoxy) is 2. The Balaban J connectivity index is 2.19. The van der Waals surface area contributed by atoms with Crippen LogP contribution in [0, 0.1) is 6.61 Å². The number of benzene rings is 1. The molecule has 0 aromatic heterocycles. The van der Waals surface area contributed by atoms with E-state index in [1.54, 1.807) is 24.3 Å². The summed E-state index contributed by atoms with van der Waals surface area (Å²) < 4.78 is 10.7. The van der Waals surface area contributed by atoms with Crippen LogP contribution in [0.5, 0.6) is 5.75 Å².